The van der Waals surface area contributed by atoms with Crippen LogP contribution in [0.4, 0.5) is 4.79 Å². The number of carbonyl (C=O) groups is 1. The van der Waals surface area contributed by atoms with Crippen molar-refractivity contribution < 1.29 is 19.7 Å². The molecule has 2 N–H and O–H groups in total. The van der Waals surface area contributed by atoms with Crippen LogP contribution in [0.3, 0.4) is 0 Å². The molecule has 0 spiro atoms. The van der Waals surface area contributed by atoms with Gasteiger partial charge in [-0.1, -0.05) is 6.92 Å². The minimum atomic E-state index is -0.990. The van der Waals surface area contributed by atoms with E-state index >= 15 is 0 Å². The van der Waals surface area contributed by atoms with Gasteiger partial charge in [0.2, 0.25) is 0 Å². The molecule has 0 aromatic heterocycles. The van der Waals surface area contributed by atoms with Crippen LogP contribution in [0.5, 0.6) is 0 Å². The van der Waals surface area contributed by atoms with Crippen LogP contribution in [-0.2, 0) is 4.74 Å². The maximum absolute atomic E-state index is 12.1. The third-order valence-electron chi connectivity index (χ3n) is 4.79. The fraction of sp³-hybridized carbons (Fsp3) is 0.933. The second-order valence-electron chi connectivity index (χ2n) is 7.46. The summed E-state index contributed by atoms with van der Waals surface area (Å²) < 4.78 is 5.38. The SMILES string of the molecule is CC1CC1(CO)C1(O)CCCN(C(=O)OC(C)(C)C)C1. The number of hydrogen-bond donors (Lipinski definition) is 2. The lowest BCUT2D eigenvalue weighted by Crippen LogP contribution is -2.57. The Morgan fingerprint density at radius 1 is 1.45 bits per heavy atom. The lowest BCUT2D eigenvalue weighted by molar-refractivity contribution is -0.106. The van der Waals surface area contributed by atoms with Crippen molar-refractivity contribution in [2.24, 2.45) is 11.3 Å². The quantitative estimate of drug-likeness (QED) is 0.811. The fourth-order valence-corrected chi connectivity index (χ4v) is 3.43. The Bertz CT molecular complexity index is 388. The molecule has 0 radical (unpaired) electrons. The van der Waals surface area contributed by atoms with E-state index in [4.69, 9.17) is 4.74 Å². The van der Waals surface area contributed by atoms with Crippen LogP contribution in [0.2, 0.25) is 0 Å². The van der Waals surface area contributed by atoms with Crippen molar-refractivity contribution in [1.82, 2.24) is 4.90 Å². The number of piperidine rings is 1. The number of nitrogens with zero attached hydrogens (tertiary/aromatic N) is 1. The van der Waals surface area contributed by atoms with Crippen LogP contribution >= 0.6 is 0 Å². The second kappa shape index (κ2) is 4.88. The van der Waals surface area contributed by atoms with Crippen molar-refractivity contribution in [3.8, 4) is 0 Å². The summed E-state index contributed by atoms with van der Waals surface area (Å²) in [5.41, 5.74) is -1.96. The van der Waals surface area contributed by atoms with E-state index < -0.39 is 16.6 Å². The number of amides is 1. The molecular formula is C15H27NO4. The zero-order valence-corrected chi connectivity index (χ0v) is 13.0. The summed E-state index contributed by atoms with van der Waals surface area (Å²) in [6.07, 6.45) is 1.82. The predicted octanol–water partition coefficient (Wildman–Crippen LogP) is 1.77. The van der Waals surface area contributed by atoms with Crippen LogP contribution in [0.1, 0.15) is 47.0 Å². The highest BCUT2D eigenvalue weighted by Crippen LogP contribution is 2.61. The summed E-state index contributed by atoms with van der Waals surface area (Å²) in [5.74, 6) is 0.302. The molecule has 1 aliphatic carbocycles. The minimum absolute atomic E-state index is 0.0210. The van der Waals surface area contributed by atoms with Crippen molar-refractivity contribution in [2.75, 3.05) is 19.7 Å². The van der Waals surface area contributed by atoms with Crippen molar-refractivity contribution in [2.45, 2.75) is 58.2 Å². The van der Waals surface area contributed by atoms with Gasteiger partial charge in [0.1, 0.15) is 5.60 Å². The maximum Gasteiger partial charge on any atom is 0.410 e. The molecule has 2 aliphatic rings. The molecule has 5 nitrogen and oxygen atoms in total. The molecular weight excluding hydrogens is 258 g/mol. The zero-order chi connectivity index (χ0) is 15.2. The molecule has 5 heteroatoms. The number of β-amino-alcohol motifs (C(OH)–C–C–N with tert-alkyl or cyclic N) is 1. The highest BCUT2D eigenvalue weighted by molar-refractivity contribution is 5.68. The molecule has 0 aromatic rings. The van der Waals surface area contributed by atoms with E-state index in [1.165, 1.54) is 0 Å². The van der Waals surface area contributed by atoms with Gasteiger partial charge in [0.15, 0.2) is 0 Å². The zero-order valence-electron chi connectivity index (χ0n) is 13.0. The summed E-state index contributed by atoms with van der Waals surface area (Å²) >= 11 is 0. The van der Waals surface area contributed by atoms with E-state index in [1.54, 1.807) is 4.90 Å². The summed E-state index contributed by atoms with van der Waals surface area (Å²) in [5, 5.41) is 20.6. The Balaban J connectivity index is 2.07. The van der Waals surface area contributed by atoms with E-state index in [0.29, 0.717) is 18.9 Å². The van der Waals surface area contributed by atoms with Crippen LogP contribution < -0.4 is 0 Å². The van der Waals surface area contributed by atoms with E-state index in [-0.39, 0.29) is 19.2 Å². The molecule has 1 amide bonds. The minimum Gasteiger partial charge on any atom is -0.444 e. The molecule has 3 unspecified atom stereocenters. The number of aliphatic hydroxyl groups is 2. The summed E-state index contributed by atoms with van der Waals surface area (Å²) in [6.45, 7) is 8.38. The van der Waals surface area contributed by atoms with Gasteiger partial charge in [-0.2, -0.15) is 0 Å². The molecule has 1 saturated heterocycles. The first-order valence-electron chi connectivity index (χ1n) is 7.45. The first kappa shape index (κ1) is 15.6. The average molecular weight is 285 g/mol. The fourth-order valence-electron chi connectivity index (χ4n) is 3.43. The van der Waals surface area contributed by atoms with Gasteiger partial charge in [-0.25, -0.2) is 4.79 Å². The smallest absolute Gasteiger partial charge is 0.410 e. The van der Waals surface area contributed by atoms with Crippen molar-refractivity contribution in [3.63, 3.8) is 0 Å². The summed E-state index contributed by atoms with van der Waals surface area (Å²) in [7, 11) is 0. The van der Waals surface area contributed by atoms with Gasteiger partial charge in [-0.15, -0.1) is 0 Å². The van der Waals surface area contributed by atoms with Crippen LogP contribution in [-0.4, -0.2) is 52.1 Å². The number of ether oxygens (including phenoxy) is 1. The lowest BCUT2D eigenvalue weighted by Gasteiger charge is -2.44. The Hall–Kier alpha value is -0.810. The molecule has 20 heavy (non-hydrogen) atoms. The highest BCUT2D eigenvalue weighted by atomic mass is 16.6. The van der Waals surface area contributed by atoms with Gasteiger partial charge in [0.25, 0.3) is 0 Å². The molecule has 1 aliphatic heterocycles. The van der Waals surface area contributed by atoms with Crippen LogP contribution in [0.15, 0.2) is 0 Å². The van der Waals surface area contributed by atoms with Gasteiger partial charge in [-0.05, 0) is 46.0 Å². The third-order valence-corrected chi connectivity index (χ3v) is 4.79. The van der Waals surface area contributed by atoms with E-state index in [1.807, 2.05) is 27.7 Å². The first-order chi connectivity index (χ1) is 9.13. The standard InChI is InChI=1S/C15H27NO4/c1-11-8-14(11,10-17)15(19)6-5-7-16(9-15)12(18)20-13(2,3)4/h11,17,19H,5-10H2,1-4H3. The third kappa shape index (κ3) is 2.66. The van der Waals surface area contributed by atoms with Crippen molar-refractivity contribution in [1.29, 1.82) is 0 Å². The van der Waals surface area contributed by atoms with Gasteiger partial charge in [0, 0.05) is 12.0 Å². The monoisotopic (exact) mass is 285 g/mol. The Labute approximate surface area is 120 Å². The predicted molar refractivity (Wildman–Crippen MR) is 75.3 cm³/mol. The van der Waals surface area contributed by atoms with E-state index in [2.05, 4.69) is 0 Å². The van der Waals surface area contributed by atoms with Crippen LogP contribution in [0, 0.1) is 11.3 Å². The number of hydrogen-bond acceptors (Lipinski definition) is 4. The first-order valence-corrected chi connectivity index (χ1v) is 7.45. The number of carbonyl (C=O) groups excluding carboxylic acids is 1. The van der Waals surface area contributed by atoms with Gasteiger partial charge >= 0.3 is 6.09 Å². The lowest BCUT2D eigenvalue weighted by atomic mass is 9.77. The van der Waals surface area contributed by atoms with Crippen molar-refractivity contribution in [3.05, 3.63) is 0 Å². The molecule has 3 atom stereocenters. The van der Waals surface area contributed by atoms with E-state index in [9.17, 15) is 15.0 Å². The van der Waals surface area contributed by atoms with Gasteiger partial charge in [-0.3, -0.25) is 0 Å². The summed E-state index contributed by atoms with van der Waals surface area (Å²) in [4.78, 5) is 13.7. The van der Waals surface area contributed by atoms with Crippen molar-refractivity contribution >= 4 is 6.09 Å². The summed E-state index contributed by atoms with van der Waals surface area (Å²) in [6, 6.07) is 0. The number of aliphatic hydroxyl groups excluding tert-OH is 1. The van der Waals surface area contributed by atoms with E-state index in [0.717, 1.165) is 12.8 Å². The topological polar surface area (TPSA) is 70.0 Å². The molecule has 1 saturated carbocycles. The molecule has 116 valence electrons. The number of rotatable bonds is 2. The highest BCUT2D eigenvalue weighted by Gasteiger charge is 2.64. The second-order valence-corrected chi connectivity index (χ2v) is 7.46. The average Bonchev–Trinajstić information content (AvgIpc) is 3.00. The molecule has 2 fully saturated rings. The normalized spacial score (nSPS) is 37.7. The molecule has 1 heterocycles. The maximum atomic E-state index is 12.1. The Morgan fingerprint density at radius 3 is 2.50 bits per heavy atom. The molecule has 2 rings (SSSR count). The van der Waals surface area contributed by atoms with Gasteiger partial charge in [0.05, 0.1) is 18.8 Å². The van der Waals surface area contributed by atoms with Crippen LogP contribution in [0.25, 0.3) is 0 Å². The Morgan fingerprint density at radius 2 is 2.05 bits per heavy atom. The Kier molecular flexibility index (Phi) is 3.80. The number of likely N-dealkylation sites (tertiary alicyclic amines) is 1. The van der Waals surface area contributed by atoms with Gasteiger partial charge < -0.3 is 19.8 Å². The molecule has 0 bridgehead atoms. The largest absolute Gasteiger partial charge is 0.444 e. The molecule has 0 aromatic carbocycles.